The van der Waals surface area contributed by atoms with E-state index in [1.165, 1.54) is 13.0 Å². The molecule has 0 amide bonds. The van der Waals surface area contributed by atoms with E-state index in [-0.39, 0.29) is 43.7 Å². The van der Waals surface area contributed by atoms with E-state index in [9.17, 15) is 18.7 Å². The fourth-order valence-electron chi connectivity index (χ4n) is 1.42. The van der Waals surface area contributed by atoms with Crippen molar-refractivity contribution in [1.29, 1.82) is 0 Å². The molecule has 1 aromatic rings. The van der Waals surface area contributed by atoms with Crippen LogP contribution in [0.1, 0.15) is 18.5 Å². The number of esters is 1. The molecule has 1 rings (SSSR count). The second-order valence-corrected chi connectivity index (χ2v) is 6.24. The Labute approximate surface area is 151 Å². The molecule has 10 heteroatoms. The summed E-state index contributed by atoms with van der Waals surface area (Å²) in [5.74, 6) is -5.94. The van der Waals surface area contributed by atoms with Gasteiger partial charge < -0.3 is 15.6 Å². The largest absolute Gasteiger partial charge is 0.506 e. The number of nitrogens with two attached hydrogens (primary N) is 1. The molecule has 1 aromatic carbocycles. The number of hydrogen-bond acceptors (Lipinski definition) is 4. The van der Waals surface area contributed by atoms with Crippen LogP contribution in [0, 0.1) is 0 Å². The minimum absolute atomic E-state index is 0. The standard InChI is InChI=1S/C11H10Br3F2NO3.ClH/c1-2-20-10(19)11(15,16)9(17)6-4(12)3-5(13)8(18)7(6)14;/h3,9,18H,2,17H2,1H3;1H/t9-;/m0./s1. The maximum atomic E-state index is 13.9. The first-order chi connectivity index (χ1) is 9.14. The van der Waals surface area contributed by atoms with Crippen molar-refractivity contribution in [2.75, 3.05) is 6.61 Å². The Balaban J connectivity index is 0.00000400. The Hall–Kier alpha value is 0.0400. The molecule has 0 unspecified atom stereocenters. The predicted octanol–water partition coefficient (Wildman–Crippen LogP) is 4.30. The Morgan fingerprint density at radius 3 is 2.43 bits per heavy atom. The summed E-state index contributed by atoms with van der Waals surface area (Å²) in [6.07, 6.45) is 0. The fourth-order valence-corrected chi connectivity index (χ4v) is 4.03. The predicted molar refractivity (Wildman–Crippen MR) is 87.0 cm³/mol. The monoisotopic (exact) mass is 515 g/mol. The molecule has 0 heterocycles. The fraction of sp³-hybridized carbons (Fsp3) is 0.364. The van der Waals surface area contributed by atoms with Gasteiger partial charge in [0.15, 0.2) is 0 Å². The number of ether oxygens (including phenoxy) is 1. The summed E-state index contributed by atoms with van der Waals surface area (Å²) in [4.78, 5) is 11.3. The number of carbonyl (C=O) groups is 1. The highest BCUT2D eigenvalue weighted by molar-refractivity contribution is 9.11. The molecule has 0 radical (unpaired) electrons. The summed E-state index contributed by atoms with van der Waals surface area (Å²) in [6, 6.07) is -0.624. The van der Waals surface area contributed by atoms with Crippen molar-refractivity contribution in [2.45, 2.75) is 18.9 Å². The van der Waals surface area contributed by atoms with Crippen molar-refractivity contribution in [3.63, 3.8) is 0 Å². The lowest BCUT2D eigenvalue weighted by atomic mass is 10.0. The highest BCUT2D eigenvalue weighted by atomic mass is 79.9. The van der Waals surface area contributed by atoms with Crippen LogP contribution in [0.2, 0.25) is 0 Å². The van der Waals surface area contributed by atoms with E-state index in [1.54, 1.807) is 0 Å². The molecule has 0 aromatic heterocycles. The minimum atomic E-state index is -3.93. The molecule has 21 heavy (non-hydrogen) atoms. The molecule has 0 bridgehead atoms. The summed E-state index contributed by atoms with van der Waals surface area (Å²) in [7, 11) is 0. The quantitative estimate of drug-likeness (QED) is 0.584. The molecule has 0 fully saturated rings. The third-order valence-corrected chi connectivity index (χ3v) is 4.49. The van der Waals surface area contributed by atoms with Gasteiger partial charge in [-0.15, -0.1) is 12.4 Å². The molecule has 1 atom stereocenters. The zero-order valence-corrected chi connectivity index (χ0v) is 16.1. The summed E-state index contributed by atoms with van der Waals surface area (Å²) in [5.41, 5.74) is 5.35. The Bertz CT molecular complexity index is 546. The van der Waals surface area contributed by atoms with Gasteiger partial charge in [-0.2, -0.15) is 8.78 Å². The van der Waals surface area contributed by atoms with Crippen molar-refractivity contribution >= 4 is 66.2 Å². The van der Waals surface area contributed by atoms with Crippen LogP contribution in [0.5, 0.6) is 5.75 Å². The molecule has 0 saturated heterocycles. The lowest BCUT2D eigenvalue weighted by molar-refractivity contribution is -0.174. The zero-order chi connectivity index (χ0) is 15.7. The lowest BCUT2D eigenvalue weighted by Gasteiger charge is -2.24. The zero-order valence-electron chi connectivity index (χ0n) is 10.5. The normalized spacial score (nSPS) is 12.5. The van der Waals surface area contributed by atoms with Gasteiger partial charge in [-0.05, 0) is 44.8 Å². The number of alkyl halides is 2. The molecule has 0 aliphatic heterocycles. The average molecular weight is 518 g/mol. The van der Waals surface area contributed by atoms with Crippen LogP contribution in [0.15, 0.2) is 19.5 Å². The van der Waals surface area contributed by atoms with Crippen LogP contribution in [0.4, 0.5) is 8.78 Å². The summed E-state index contributed by atoms with van der Waals surface area (Å²) in [6.45, 7) is 1.23. The number of phenols is 1. The van der Waals surface area contributed by atoms with Gasteiger partial charge in [-0.1, -0.05) is 15.9 Å². The number of aromatic hydroxyl groups is 1. The Kier molecular flexibility index (Phi) is 8.07. The summed E-state index contributed by atoms with van der Waals surface area (Å²) < 4.78 is 32.7. The highest BCUT2D eigenvalue weighted by Gasteiger charge is 2.49. The van der Waals surface area contributed by atoms with Crippen LogP contribution >= 0.6 is 60.2 Å². The van der Waals surface area contributed by atoms with Gasteiger partial charge in [0.1, 0.15) is 11.8 Å². The van der Waals surface area contributed by atoms with Crippen molar-refractivity contribution in [3.05, 3.63) is 25.0 Å². The lowest BCUT2D eigenvalue weighted by Crippen LogP contribution is -2.42. The van der Waals surface area contributed by atoms with Gasteiger partial charge in [0, 0.05) is 10.0 Å². The van der Waals surface area contributed by atoms with Crippen LogP contribution in [-0.4, -0.2) is 23.6 Å². The topological polar surface area (TPSA) is 72.5 Å². The van der Waals surface area contributed by atoms with E-state index < -0.39 is 17.9 Å². The third kappa shape index (κ3) is 4.28. The van der Waals surface area contributed by atoms with Crippen LogP contribution in [0.3, 0.4) is 0 Å². The molecule has 0 saturated carbocycles. The average Bonchev–Trinajstić information content (AvgIpc) is 2.36. The van der Waals surface area contributed by atoms with Gasteiger partial charge >= 0.3 is 11.9 Å². The SMILES string of the molecule is CCOC(=O)C(F)(F)[C@@H](N)c1c(Br)cc(Br)c(O)c1Br.Cl. The molecule has 0 aliphatic rings. The van der Waals surface area contributed by atoms with Crippen molar-refractivity contribution in [3.8, 4) is 5.75 Å². The van der Waals surface area contributed by atoms with Gasteiger partial charge in [-0.3, -0.25) is 0 Å². The van der Waals surface area contributed by atoms with Crippen molar-refractivity contribution in [2.24, 2.45) is 5.73 Å². The van der Waals surface area contributed by atoms with Gasteiger partial charge in [0.2, 0.25) is 0 Å². The number of rotatable bonds is 4. The van der Waals surface area contributed by atoms with E-state index in [4.69, 9.17) is 5.73 Å². The second-order valence-electron chi connectivity index (χ2n) is 3.74. The van der Waals surface area contributed by atoms with Gasteiger partial charge in [0.05, 0.1) is 15.6 Å². The summed E-state index contributed by atoms with van der Waals surface area (Å²) >= 11 is 9.12. The first-order valence-corrected chi connectivity index (χ1v) is 7.69. The van der Waals surface area contributed by atoms with E-state index in [2.05, 4.69) is 52.5 Å². The van der Waals surface area contributed by atoms with Crippen molar-refractivity contribution < 1.29 is 23.4 Å². The molecular weight excluding hydrogens is 507 g/mol. The smallest absolute Gasteiger partial charge is 0.379 e. The maximum Gasteiger partial charge on any atom is 0.379 e. The first kappa shape index (κ1) is 21.0. The molecule has 3 N–H and O–H groups in total. The Morgan fingerprint density at radius 2 is 1.95 bits per heavy atom. The molecular formula is C11H11Br3ClF2NO3. The first-order valence-electron chi connectivity index (χ1n) is 5.31. The second kappa shape index (κ2) is 8.05. The molecule has 0 aliphatic carbocycles. The minimum Gasteiger partial charge on any atom is -0.506 e. The van der Waals surface area contributed by atoms with Crippen LogP contribution < -0.4 is 5.73 Å². The summed E-state index contributed by atoms with van der Waals surface area (Å²) in [5, 5.41) is 9.74. The van der Waals surface area contributed by atoms with Crippen LogP contribution in [-0.2, 0) is 9.53 Å². The number of carbonyl (C=O) groups excluding carboxylic acids is 1. The highest BCUT2D eigenvalue weighted by Crippen LogP contribution is 2.45. The van der Waals surface area contributed by atoms with E-state index in [1.807, 2.05) is 0 Å². The maximum absolute atomic E-state index is 13.9. The van der Waals surface area contributed by atoms with Crippen LogP contribution in [0.25, 0.3) is 0 Å². The van der Waals surface area contributed by atoms with Gasteiger partial charge in [-0.25, -0.2) is 4.79 Å². The van der Waals surface area contributed by atoms with Crippen molar-refractivity contribution in [1.82, 2.24) is 0 Å². The third-order valence-electron chi connectivity index (χ3n) is 2.43. The number of halogens is 6. The van der Waals surface area contributed by atoms with E-state index in [0.29, 0.717) is 0 Å². The number of hydrogen-bond donors (Lipinski definition) is 2. The number of phenolic OH excluding ortho intramolecular Hbond substituents is 1. The van der Waals surface area contributed by atoms with Gasteiger partial charge in [0.25, 0.3) is 0 Å². The number of benzene rings is 1. The van der Waals surface area contributed by atoms with E-state index in [0.717, 1.165) is 0 Å². The Morgan fingerprint density at radius 1 is 1.43 bits per heavy atom. The molecule has 0 spiro atoms. The molecule has 4 nitrogen and oxygen atoms in total. The molecule has 120 valence electrons. The van der Waals surface area contributed by atoms with E-state index >= 15 is 0 Å².